The van der Waals surface area contributed by atoms with Crippen LogP contribution in [-0.4, -0.2) is 29.5 Å². The van der Waals surface area contributed by atoms with Crippen molar-refractivity contribution >= 4 is 23.7 Å². The molecule has 0 fully saturated rings. The predicted octanol–water partition coefficient (Wildman–Crippen LogP) is 0.688. The summed E-state index contributed by atoms with van der Waals surface area (Å²) >= 11 is 0. The Morgan fingerprint density at radius 1 is 1.23 bits per heavy atom. The number of carbonyl (C=O) groups excluding carboxylic acids is 2. The standard InChI is InChI=1S/C16H13FN4O5/c17-12-3-1-2-11(7-12)16(24)18-9-15(23)20-19-8-10-4-5-13(21(25)26)14(22)6-10/h1-8,22H,9H2,(H,18,24)(H,20,23)/p-1/b19-8-. The topological polar surface area (TPSA) is 137 Å². The van der Waals surface area contributed by atoms with Crippen LogP contribution in [-0.2, 0) is 4.79 Å². The van der Waals surface area contributed by atoms with Gasteiger partial charge in [-0.25, -0.2) is 9.82 Å². The summed E-state index contributed by atoms with van der Waals surface area (Å²) in [7, 11) is 0. The van der Waals surface area contributed by atoms with Gasteiger partial charge in [-0.05, 0) is 35.6 Å². The summed E-state index contributed by atoms with van der Waals surface area (Å²) in [6.07, 6.45) is 1.12. The zero-order valence-corrected chi connectivity index (χ0v) is 13.1. The van der Waals surface area contributed by atoms with Crippen molar-refractivity contribution in [1.29, 1.82) is 0 Å². The third-order valence-corrected chi connectivity index (χ3v) is 3.08. The molecule has 134 valence electrons. The highest BCUT2D eigenvalue weighted by molar-refractivity contribution is 5.96. The maximum atomic E-state index is 13.0. The van der Waals surface area contributed by atoms with Crippen molar-refractivity contribution < 1.29 is 24.0 Å². The molecule has 0 aliphatic rings. The second kappa shape index (κ2) is 8.33. The molecule has 0 saturated heterocycles. The van der Waals surface area contributed by atoms with Crippen LogP contribution in [0.1, 0.15) is 15.9 Å². The first-order valence-corrected chi connectivity index (χ1v) is 7.18. The zero-order valence-electron chi connectivity index (χ0n) is 13.1. The van der Waals surface area contributed by atoms with Crippen LogP contribution in [0.3, 0.4) is 0 Å². The van der Waals surface area contributed by atoms with E-state index in [2.05, 4.69) is 15.8 Å². The summed E-state index contributed by atoms with van der Waals surface area (Å²) in [5.74, 6) is -2.65. The summed E-state index contributed by atoms with van der Waals surface area (Å²) in [6.45, 7) is -0.403. The molecule has 2 aromatic carbocycles. The highest BCUT2D eigenvalue weighted by atomic mass is 19.1. The van der Waals surface area contributed by atoms with Crippen molar-refractivity contribution in [1.82, 2.24) is 10.7 Å². The number of hydrogen-bond donors (Lipinski definition) is 2. The molecule has 2 N–H and O–H groups in total. The molecule has 0 bridgehead atoms. The number of amides is 2. The molecule has 2 rings (SSSR count). The first-order valence-electron chi connectivity index (χ1n) is 7.18. The smallest absolute Gasteiger partial charge is 0.261 e. The Balaban J connectivity index is 1.85. The molecular weight excluding hydrogens is 347 g/mol. The van der Waals surface area contributed by atoms with Crippen molar-refractivity contribution in [2.45, 2.75) is 0 Å². The van der Waals surface area contributed by atoms with E-state index in [0.29, 0.717) is 0 Å². The summed E-state index contributed by atoms with van der Waals surface area (Å²) in [5.41, 5.74) is 1.87. The first-order chi connectivity index (χ1) is 12.4. The van der Waals surface area contributed by atoms with Gasteiger partial charge in [0.2, 0.25) is 0 Å². The van der Waals surface area contributed by atoms with Gasteiger partial charge in [-0.1, -0.05) is 12.1 Å². The third-order valence-electron chi connectivity index (χ3n) is 3.08. The van der Waals surface area contributed by atoms with Gasteiger partial charge in [-0.3, -0.25) is 19.7 Å². The second-order valence-corrected chi connectivity index (χ2v) is 4.97. The summed E-state index contributed by atoms with van der Waals surface area (Å²) < 4.78 is 13.0. The summed E-state index contributed by atoms with van der Waals surface area (Å²) in [5, 5.41) is 27.9. The molecule has 0 spiro atoms. The number of nitrogens with zero attached hydrogens (tertiary/aromatic N) is 2. The van der Waals surface area contributed by atoms with Crippen LogP contribution in [0.2, 0.25) is 0 Å². The van der Waals surface area contributed by atoms with Crippen molar-refractivity contribution in [2.24, 2.45) is 5.10 Å². The van der Waals surface area contributed by atoms with E-state index >= 15 is 0 Å². The van der Waals surface area contributed by atoms with Crippen molar-refractivity contribution in [2.75, 3.05) is 6.54 Å². The van der Waals surface area contributed by atoms with Gasteiger partial charge >= 0.3 is 0 Å². The van der Waals surface area contributed by atoms with Crippen molar-refractivity contribution in [3.8, 4) is 5.75 Å². The number of nitrogens with one attached hydrogen (secondary N) is 2. The average molecular weight is 359 g/mol. The summed E-state index contributed by atoms with van der Waals surface area (Å²) in [6, 6.07) is 8.29. The minimum atomic E-state index is -0.799. The van der Waals surface area contributed by atoms with Crippen LogP contribution < -0.4 is 15.8 Å². The van der Waals surface area contributed by atoms with E-state index in [1.54, 1.807) is 0 Å². The minimum Gasteiger partial charge on any atom is -0.868 e. The average Bonchev–Trinajstić information content (AvgIpc) is 2.59. The fraction of sp³-hybridized carbons (Fsp3) is 0.0625. The lowest BCUT2D eigenvalue weighted by atomic mass is 10.2. The van der Waals surface area contributed by atoms with Gasteiger partial charge in [-0.2, -0.15) is 5.10 Å². The number of nitro groups is 1. The lowest BCUT2D eigenvalue weighted by Gasteiger charge is -2.06. The normalized spacial score (nSPS) is 10.5. The molecule has 0 aliphatic carbocycles. The quantitative estimate of drug-likeness (QED) is 0.444. The molecule has 0 aromatic heterocycles. The van der Waals surface area contributed by atoms with Gasteiger partial charge in [0.15, 0.2) is 0 Å². The Hall–Kier alpha value is -3.82. The van der Waals surface area contributed by atoms with E-state index < -0.39 is 40.5 Å². The molecule has 10 heteroatoms. The monoisotopic (exact) mass is 359 g/mol. The van der Waals surface area contributed by atoms with E-state index in [4.69, 9.17) is 0 Å². The molecule has 0 radical (unpaired) electrons. The number of hydrogen-bond acceptors (Lipinski definition) is 6. The van der Waals surface area contributed by atoms with Gasteiger partial charge in [0.05, 0.1) is 17.7 Å². The van der Waals surface area contributed by atoms with Crippen LogP contribution in [0.15, 0.2) is 47.6 Å². The number of carbonyl (C=O) groups is 2. The maximum Gasteiger partial charge on any atom is 0.261 e. The minimum absolute atomic E-state index is 0.0650. The molecule has 2 aromatic rings. The maximum absolute atomic E-state index is 13.0. The van der Waals surface area contributed by atoms with Crippen LogP contribution in [0, 0.1) is 15.9 Å². The van der Waals surface area contributed by atoms with Gasteiger partial charge in [-0.15, -0.1) is 0 Å². The molecule has 9 nitrogen and oxygen atoms in total. The number of nitro benzene ring substituents is 1. The largest absolute Gasteiger partial charge is 0.868 e. The van der Waals surface area contributed by atoms with E-state index in [1.807, 2.05) is 0 Å². The van der Waals surface area contributed by atoms with E-state index in [-0.39, 0.29) is 11.1 Å². The number of halogens is 1. The second-order valence-electron chi connectivity index (χ2n) is 4.97. The summed E-state index contributed by atoms with van der Waals surface area (Å²) in [4.78, 5) is 33.1. The lowest BCUT2D eigenvalue weighted by Crippen LogP contribution is -2.34. The fourth-order valence-corrected chi connectivity index (χ4v) is 1.87. The Morgan fingerprint density at radius 2 is 2.00 bits per heavy atom. The van der Waals surface area contributed by atoms with Gasteiger partial charge in [0.25, 0.3) is 17.5 Å². The lowest BCUT2D eigenvalue weighted by molar-refractivity contribution is -0.398. The number of hydrazone groups is 1. The number of rotatable bonds is 6. The van der Waals surface area contributed by atoms with Gasteiger partial charge in [0.1, 0.15) is 5.82 Å². The molecule has 0 unspecified atom stereocenters. The predicted molar refractivity (Wildman–Crippen MR) is 87.0 cm³/mol. The van der Waals surface area contributed by atoms with Gasteiger partial charge in [0, 0.05) is 11.6 Å². The zero-order chi connectivity index (χ0) is 19.1. The Labute approximate surface area is 146 Å². The molecule has 2 amide bonds. The Bertz CT molecular complexity index is 885. The van der Waals surface area contributed by atoms with Crippen LogP contribution in [0.25, 0.3) is 0 Å². The molecular formula is C16H12FN4O5-. The Morgan fingerprint density at radius 3 is 2.65 bits per heavy atom. The highest BCUT2D eigenvalue weighted by Crippen LogP contribution is 2.22. The van der Waals surface area contributed by atoms with Crippen molar-refractivity contribution in [3.05, 3.63) is 69.5 Å². The van der Waals surface area contributed by atoms with E-state index in [1.165, 1.54) is 24.3 Å². The van der Waals surface area contributed by atoms with E-state index in [9.17, 15) is 29.2 Å². The molecule has 0 aliphatic heterocycles. The van der Waals surface area contributed by atoms with Gasteiger partial charge < -0.3 is 10.4 Å². The molecule has 26 heavy (non-hydrogen) atoms. The third kappa shape index (κ3) is 5.09. The van der Waals surface area contributed by atoms with E-state index in [0.717, 1.165) is 24.4 Å². The fourth-order valence-electron chi connectivity index (χ4n) is 1.87. The van der Waals surface area contributed by atoms with Crippen LogP contribution in [0.5, 0.6) is 5.75 Å². The van der Waals surface area contributed by atoms with Crippen molar-refractivity contribution in [3.63, 3.8) is 0 Å². The highest BCUT2D eigenvalue weighted by Gasteiger charge is 2.08. The van der Waals surface area contributed by atoms with Crippen LogP contribution >= 0.6 is 0 Å². The first kappa shape index (κ1) is 18.5. The number of benzene rings is 2. The molecule has 0 saturated carbocycles. The SMILES string of the molecule is O=C(CNC(=O)c1cccc(F)c1)N/N=C\c1ccc([N+](=O)[O-])c([O-])c1. The Kier molecular flexibility index (Phi) is 5.93. The van der Waals surface area contributed by atoms with Crippen LogP contribution in [0.4, 0.5) is 10.1 Å². The molecule has 0 heterocycles. The molecule has 0 atom stereocenters.